The molecule has 0 aromatic heterocycles. The van der Waals surface area contributed by atoms with E-state index in [1.807, 2.05) is 0 Å². The summed E-state index contributed by atoms with van der Waals surface area (Å²) in [6.45, 7) is 4.77. The summed E-state index contributed by atoms with van der Waals surface area (Å²) in [5.41, 5.74) is 16.0. The molecule has 0 spiro atoms. The summed E-state index contributed by atoms with van der Waals surface area (Å²) in [7, 11) is 0. The van der Waals surface area contributed by atoms with Crippen LogP contribution < -0.4 is 4.90 Å². The molecular weight excluding hydrogens is 603 g/mol. The van der Waals surface area contributed by atoms with E-state index in [4.69, 9.17) is 0 Å². The van der Waals surface area contributed by atoms with Crippen LogP contribution in [0.2, 0.25) is 0 Å². The third kappa shape index (κ3) is 4.66. The van der Waals surface area contributed by atoms with Crippen molar-refractivity contribution in [2.24, 2.45) is 17.8 Å². The molecule has 0 aliphatic heterocycles. The van der Waals surface area contributed by atoms with Gasteiger partial charge in [0.25, 0.3) is 0 Å². The van der Waals surface area contributed by atoms with E-state index in [-0.39, 0.29) is 5.41 Å². The predicted octanol–water partition coefficient (Wildman–Crippen LogP) is 13.3. The van der Waals surface area contributed by atoms with Gasteiger partial charge in [-0.05, 0) is 137 Å². The number of hydrogen-bond donors (Lipinski definition) is 0. The Kier molecular flexibility index (Phi) is 6.79. The summed E-state index contributed by atoms with van der Waals surface area (Å²) in [5, 5.41) is 0. The molecule has 0 radical (unpaired) electrons. The molecule has 1 nitrogen and oxygen atoms in total. The maximum Gasteiger partial charge on any atom is 0.0540 e. The summed E-state index contributed by atoms with van der Waals surface area (Å²) in [4.78, 5) is 2.53. The highest BCUT2D eigenvalue weighted by atomic mass is 15.1. The van der Waals surface area contributed by atoms with Crippen molar-refractivity contribution in [3.8, 4) is 33.4 Å². The van der Waals surface area contributed by atoms with Gasteiger partial charge in [0.15, 0.2) is 0 Å². The molecule has 4 saturated carbocycles. The third-order valence-corrected chi connectivity index (χ3v) is 13.0. The SMILES string of the molecule is CC1(C)c2ccccc2-c2ccc(N(c3ccc(C45CC6CC(CC(C6)C4)C5)cc3)c3ccccc3-c3ccccc3-c3ccccc3)cc21. The lowest BCUT2D eigenvalue weighted by Gasteiger charge is -2.57. The van der Waals surface area contributed by atoms with Gasteiger partial charge in [0.05, 0.1) is 5.69 Å². The molecule has 4 fully saturated rings. The Labute approximate surface area is 297 Å². The van der Waals surface area contributed by atoms with E-state index in [1.165, 1.54) is 100 Å². The largest absolute Gasteiger partial charge is 0.310 e. The van der Waals surface area contributed by atoms with Gasteiger partial charge >= 0.3 is 0 Å². The number of rotatable bonds is 6. The molecule has 0 atom stereocenters. The lowest BCUT2D eigenvalue weighted by Crippen LogP contribution is -2.48. The molecule has 246 valence electrons. The summed E-state index contributed by atoms with van der Waals surface area (Å²) < 4.78 is 0. The second kappa shape index (κ2) is 11.3. The Bertz CT molecular complexity index is 2190. The van der Waals surface area contributed by atoms with Crippen LogP contribution in [0.15, 0.2) is 146 Å². The van der Waals surface area contributed by atoms with Crippen molar-refractivity contribution in [2.75, 3.05) is 4.90 Å². The molecule has 0 saturated heterocycles. The van der Waals surface area contributed by atoms with E-state index < -0.39 is 0 Å². The van der Waals surface area contributed by atoms with Gasteiger partial charge in [-0.3, -0.25) is 0 Å². The molecule has 11 rings (SSSR count). The molecule has 6 aromatic carbocycles. The van der Waals surface area contributed by atoms with E-state index in [0.29, 0.717) is 5.41 Å². The standard InChI is InChI=1S/C49H45N/c1-48(2)45-18-10-8-16-42(45)43-25-24-39(29-46(43)48)50(38-22-20-37(21-23-38)49-30-33-26-34(31-49)28-35(27-33)32-49)47-19-11-9-17-44(47)41-15-7-6-14-40(41)36-12-4-3-5-13-36/h3-25,29,33-35H,26-28,30-32H2,1-2H3. The van der Waals surface area contributed by atoms with Crippen LogP contribution >= 0.6 is 0 Å². The van der Waals surface area contributed by atoms with E-state index in [2.05, 4.69) is 164 Å². The zero-order valence-electron chi connectivity index (χ0n) is 29.3. The second-order valence-corrected chi connectivity index (χ2v) is 16.4. The van der Waals surface area contributed by atoms with Gasteiger partial charge in [0.1, 0.15) is 0 Å². The number of anilines is 3. The summed E-state index contributed by atoms with van der Waals surface area (Å²) >= 11 is 0. The van der Waals surface area contributed by atoms with Gasteiger partial charge < -0.3 is 4.90 Å². The summed E-state index contributed by atoms with van der Waals surface area (Å²) in [6.07, 6.45) is 8.60. The average molecular weight is 648 g/mol. The van der Waals surface area contributed by atoms with Crippen LogP contribution in [0, 0.1) is 17.8 Å². The van der Waals surface area contributed by atoms with Crippen LogP contribution in [0.4, 0.5) is 17.1 Å². The molecule has 4 bridgehead atoms. The zero-order valence-corrected chi connectivity index (χ0v) is 29.3. The minimum absolute atomic E-state index is 0.0740. The van der Waals surface area contributed by atoms with Gasteiger partial charge in [0, 0.05) is 22.4 Å². The van der Waals surface area contributed by atoms with Crippen molar-refractivity contribution in [3.05, 3.63) is 162 Å². The Morgan fingerprint density at radius 2 is 1.00 bits per heavy atom. The Balaban J connectivity index is 1.14. The molecular formula is C49H45N. The molecule has 50 heavy (non-hydrogen) atoms. The molecule has 1 heteroatoms. The highest BCUT2D eigenvalue weighted by Crippen LogP contribution is 2.61. The first-order valence-corrected chi connectivity index (χ1v) is 18.9. The summed E-state index contributed by atoms with van der Waals surface area (Å²) in [6, 6.07) is 54.8. The molecule has 6 aromatic rings. The Morgan fingerprint density at radius 3 is 1.70 bits per heavy atom. The van der Waals surface area contributed by atoms with Crippen LogP contribution in [-0.2, 0) is 10.8 Å². The van der Waals surface area contributed by atoms with Crippen molar-refractivity contribution in [3.63, 3.8) is 0 Å². The van der Waals surface area contributed by atoms with E-state index in [0.717, 1.165) is 17.8 Å². The fraction of sp³-hybridized carbons (Fsp3) is 0.265. The van der Waals surface area contributed by atoms with Gasteiger partial charge in [-0.15, -0.1) is 0 Å². The number of para-hydroxylation sites is 1. The number of hydrogen-bond acceptors (Lipinski definition) is 1. The monoisotopic (exact) mass is 647 g/mol. The molecule has 0 amide bonds. The Morgan fingerprint density at radius 1 is 0.460 bits per heavy atom. The molecule has 0 N–H and O–H groups in total. The van der Waals surface area contributed by atoms with Crippen LogP contribution in [0.1, 0.15) is 69.1 Å². The number of nitrogens with zero attached hydrogens (tertiary/aromatic N) is 1. The van der Waals surface area contributed by atoms with Gasteiger partial charge in [-0.1, -0.05) is 129 Å². The lowest BCUT2D eigenvalue weighted by molar-refractivity contribution is -0.00518. The van der Waals surface area contributed by atoms with Crippen molar-refractivity contribution >= 4 is 17.1 Å². The summed E-state index contributed by atoms with van der Waals surface area (Å²) in [5.74, 6) is 2.81. The van der Waals surface area contributed by atoms with E-state index in [9.17, 15) is 0 Å². The number of benzene rings is 6. The van der Waals surface area contributed by atoms with Crippen LogP contribution in [0.25, 0.3) is 33.4 Å². The van der Waals surface area contributed by atoms with Crippen LogP contribution in [-0.4, -0.2) is 0 Å². The fourth-order valence-electron chi connectivity index (χ4n) is 11.2. The first-order chi connectivity index (χ1) is 24.5. The topological polar surface area (TPSA) is 3.24 Å². The maximum absolute atomic E-state index is 2.53. The smallest absolute Gasteiger partial charge is 0.0540 e. The normalized spacial score (nSPS) is 23.8. The van der Waals surface area contributed by atoms with Crippen molar-refractivity contribution < 1.29 is 0 Å². The Hall–Kier alpha value is -4.88. The van der Waals surface area contributed by atoms with Crippen LogP contribution in [0.3, 0.4) is 0 Å². The van der Waals surface area contributed by atoms with Crippen molar-refractivity contribution in [2.45, 2.75) is 63.2 Å². The van der Waals surface area contributed by atoms with Crippen molar-refractivity contribution in [1.82, 2.24) is 0 Å². The second-order valence-electron chi connectivity index (χ2n) is 16.4. The highest BCUT2D eigenvalue weighted by molar-refractivity contribution is 5.94. The van der Waals surface area contributed by atoms with Crippen molar-refractivity contribution in [1.29, 1.82) is 0 Å². The average Bonchev–Trinajstić information content (AvgIpc) is 3.38. The molecule has 0 unspecified atom stereocenters. The quantitative estimate of drug-likeness (QED) is 0.174. The lowest BCUT2D eigenvalue weighted by atomic mass is 9.48. The molecule has 5 aliphatic carbocycles. The molecule has 0 heterocycles. The highest BCUT2D eigenvalue weighted by Gasteiger charge is 2.51. The predicted molar refractivity (Wildman–Crippen MR) is 209 cm³/mol. The minimum atomic E-state index is -0.0740. The minimum Gasteiger partial charge on any atom is -0.310 e. The van der Waals surface area contributed by atoms with Gasteiger partial charge in [-0.2, -0.15) is 0 Å². The van der Waals surface area contributed by atoms with Gasteiger partial charge in [0.2, 0.25) is 0 Å². The first-order valence-electron chi connectivity index (χ1n) is 18.9. The zero-order chi connectivity index (χ0) is 33.5. The van der Waals surface area contributed by atoms with Gasteiger partial charge in [-0.25, -0.2) is 0 Å². The maximum atomic E-state index is 2.53. The third-order valence-electron chi connectivity index (χ3n) is 13.0. The van der Waals surface area contributed by atoms with Crippen LogP contribution in [0.5, 0.6) is 0 Å². The number of fused-ring (bicyclic) bond motifs is 3. The molecule has 5 aliphatic rings. The fourth-order valence-corrected chi connectivity index (χ4v) is 11.2. The first kappa shape index (κ1) is 30.0. The van der Waals surface area contributed by atoms with E-state index >= 15 is 0 Å². The van der Waals surface area contributed by atoms with E-state index in [1.54, 1.807) is 5.56 Å².